The molecule has 21 heavy (non-hydrogen) atoms. The Bertz CT molecular complexity index is 911. The van der Waals surface area contributed by atoms with E-state index in [2.05, 4.69) is 4.99 Å². The van der Waals surface area contributed by atoms with Gasteiger partial charge in [-0.25, -0.2) is 17.4 Å². The van der Waals surface area contributed by atoms with Gasteiger partial charge in [0.15, 0.2) is 5.49 Å². The maximum absolute atomic E-state index is 12.7. The van der Waals surface area contributed by atoms with Gasteiger partial charge < -0.3 is 10.6 Å². The smallest absolute Gasteiger partial charge is 0.269 e. The number of benzene rings is 1. The molecule has 0 spiro atoms. The van der Waals surface area contributed by atoms with Crippen LogP contribution >= 0.6 is 0 Å². The van der Waals surface area contributed by atoms with Crippen molar-refractivity contribution in [2.75, 3.05) is 13.7 Å². The summed E-state index contributed by atoms with van der Waals surface area (Å²) in [5, 5.41) is 0.638. The van der Waals surface area contributed by atoms with Gasteiger partial charge >= 0.3 is 0 Å². The Hall–Kier alpha value is -2.28. The lowest BCUT2D eigenvalue weighted by atomic mass is 10.2. The molecule has 0 saturated heterocycles. The molecule has 3 rings (SSSR count). The summed E-state index contributed by atoms with van der Waals surface area (Å²) in [7, 11) is -1.85. The van der Waals surface area contributed by atoms with Crippen molar-refractivity contribution in [3.05, 3.63) is 52.8 Å². The van der Waals surface area contributed by atoms with Crippen LogP contribution in [0.5, 0.6) is 0 Å². The molecule has 1 aromatic carbocycles. The SMILES string of the molecule is Cc1ccc(S(=O)(=O)n2ccc3c2=NCN(C)C=3N)cc1. The standard InChI is InChI=1S/C14H16N4O2S/c1-10-3-5-11(6-4-10)21(19,20)18-8-7-12-13(15)17(2)9-16-14(12)18/h3-8H,9,15H2,1-2H3. The first kappa shape index (κ1) is 13.7. The van der Waals surface area contributed by atoms with Crippen molar-refractivity contribution in [2.24, 2.45) is 10.7 Å². The third-order valence-electron chi connectivity index (χ3n) is 3.52. The lowest BCUT2D eigenvalue weighted by Gasteiger charge is -2.19. The third-order valence-corrected chi connectivity index (χ3v) is 5.20. The van der Waals surface area contributed by atoms with Crippen LogP contribution in [0.3, 0.4) is 0 Å². The van der Waals surface area contributed by atoms with Crippen LogP contribution in [0.2, 0.25) is 0 Å². The second-order valence-electron chi connectivity index (χ2n) is 5.05. The molecule has 6 nitrogen and oxygen atoms in total. The van der Waals surface area contributed by atoms with Crippen molar-refractivity contribution in [3.63, 3.8) is 0 Å². The van der Waals surface area contributed by atoms with E-state index in [0.717, 1.165) is 5.56 Å². The highest BCUT2D eigenvalue weighted by molar-refractivity contribution is 7.90. The van der Waals surface area contributed by atoms with Crippen molar-refractivity contribution < 1.29 is 8.42 Å². The van der Waals surface area contributed by atoms with Crippen LogP contribution in [0.1, 0.15) is 5.56 Å². The van der Waals surface area contributed by atoms with Gasteiger partial charge in [-0.2, -0.15) is 0 Å². The van der Waals surface area contributed by atoms with E-state index in [1.807, 2.05) is 14.0 Å². The normalized spacial score (nSPS) is 14.8. The molecule has 0 radical (unpaired) electrons. The average molecular weight is 304 g/mol. The molecule has 0 amide bonds. The van der Waals surface area contributed by atoms with E-state index in [1.165, 1.54) is 10.2 Å². The summed E-state index contributed by atoms with van der Waals surface area (Å²) >= 11 is 0. The lowest BCUT2D eigenvalue weighted by molar-refractivity contribution is 0.466. The molecule has 0 atom stereocenters. The largest absolute Gasteiger partial charge is 0.385 e. The molecule has 1 aliphatic rings. The minimum atomic E-state index is -3.66. The van der Waals surface area contributed by atoms with Gasteiger partial charge in [-0.1, -0.05) is 17.7 Å². The van der Waals surface area contributed by atoms with Gasteiger partial charge in [0, 0.05) is 13.2 Å². The molecule has 7 heteroatoms. The van der Waals surface area contributed by atoms with Gasteiger partial charge in [-0.3, -0.25) is 0 Å². The highest BCUT2D eigenvalue weighted by Gasteiger charge is 2.20. The topological polar surface area (TPSA) is 80.7 Å². The van der Waals surface area contributed by atoms with Crippen LogP contribution in [0.15, 0.2) is 46.4 Å². The Kier molecular flexibility index (Phi) is 3.02. The fourth-order valence-corrected chi connectivity index (χ4v) is 3.55. The van der Waals surface area contributed by atoms with Crippen LogP contribution < -0.4 is 16.4 Å². The van der Waals surface area contributed by atoms with Crippen molar-refractivity contribution in [1.82, 2.24) is 8.87 Å². The first-order valence-corrected chi connectivity index (χ1v) is 7.90. The highest BCUT2D eigenvalue weighted by Crippen LogP contribution is 2.12. The van der Waals surface area contributed by atoms with Crippen molar-refractivity contribution in [1.29, 1.82) is 0 Å². The van der Waals surface area contributed by atoms with E-state index in [9.17, 15) is 8.42 Å². The Morgan fingerprint density at radius 2 is 1.86 bits per heavy atom. The highest BCUT2D eigenvalue weighted by atomic mass is 32.2. The number of fused-ring (bicyclic) bond motifs is 1. The van der Waals surface area contributed by atoms with E-state index < -0.39 is 10.0 Å². The predicted molar refractivity (Wildman–Crippen MR) is 79.2 cm³/mol. The number of aromatic nitrogens is 1. The summed E-state index contributed by atoms with van der Waals surface area (Å²) in [5.41, 5.74) is 7.37. The lowest BCUT2D eigenvalue weighted by Crippen LogP contribution is -2.44. The zero-order chi connectivity index (χ0) is 15.2. The van der Waals surface area contributed by atoms with E-state index in [0.29, 0.717) is 23.2 Å². The monoisotopic (exact) mass is 304 g/mol. The molecule has 2 aromatic rings. The molecule has 2 heterocycles. The molecule has 0 saturated carbocycles. The minimum absolute atomic E-state index is 0.235. The fourth-order valence-electron chi connectivity index (χ4n) is 2.23. The third kappa shape index (κ3) is 2.09. The van der Waals surface area contributed by atoms with Gasteiger partial charge in [-0.15, -0.1) is 0 Å². The Morgan fingerprint density at radius 3 is 2.52 bits per heavy atom. The van der Waals surface area contributed by atoms with Crippen molar-refractivity contribution in [2.45, 2.75) is 11.8 Å². The average Bonchev–Trinajstić information content (AvgIpc) is 2.89. The fraction of sp³-hybridized carbons (Fsp3) is 0.214. The summed E-state index contributed by atoms with van der Waals surface area (Å²) < 4.78 is 26.6. The number of hydrogen-bond donors (Lipinski definition) is 1. The number of nitrogens with two attached hydrogens (primary N) is 1. The molecule has 1 aromatic heterocycles. The summed E-state index contributed by atoms with van der Waals surface area (Å²) in [5.74, 6) is 0.526. The van der Waals surface area contributed by atoms with Crippen molar-refractivity contribution >= 4 is 15.8 Å². The molecular weight excluding hydrogens is 288 g/mol. The quantitative estimate of drug-likeness (QED) is 0.817. The zero-order valence-electron chi connectivity index (χ0n) is 11.8. The number of aryl methyl sites for hydroxylation is 1. The maximum Gasteiger partial charge on any atom is 0.269 e. The predicted octanol–water partition coefficient (Wildman–Crippen LogP) is -0.420. The molecule has 2 N–H and O–H groups in total. The Balaban J connectivity index is 2.24. The first-order valence-electron chi connectivity index (χ1n) is 6.46. The second-order valence-corrected chi connectivity index (χ2v) is 6.86. The van der Waals surface area contributed by atoms with E-state index in [4.69, 9.17) is 5.73 Å². The van der Waals surface area contributed by atoms with E-state index in [-0.39, 0.29) is 4.90 Å². The molecule has 1 aliphatic heterocycles. The van der Waals surface area contributed by atoms with Crippen LogP contribution in [0, 0.1) is 6.92 Å². The minimum Gasteiger partial charge on any atom is -0.385 e. The van der Waals surface area contributed by atoms with Crippen molar-refractivity contribution in [3.8, 4) is 0 Å². The Labute approximate surface area is 122 Å². The molecule has 0 bridgehead atoms. The van der Waals surface area contributed by atoms with Gasteiger partial charge in [0.25, 0.3) is 10.0 Å². The van der Waals surface area contributed by atoms with Crippen LogP contribution in [0.25, 0.3) is 5.82 Å². The zero-order valence-corrected chi connectivity index (χ0v) is 12.6. The maximum atomic E-state index is 12.7. The molecule has 0 unspecified atom stereocenters. The van der Waals surface area contributed by atoms with Crippen LogP contribution in [0.4, 0.5) is 0 Å². The van der Waals surface area contributed by atoms with E-state index >= 15 is 0 Å². The van der Waals surface area contributed by atoms with Crippen LogP contribution in [-0.4, -0.2) is 31.0 Å². The summed E-state index contributed by atoms with van der Waals surface area (Å²) in [6.07, 6.45) is 1.50. The number of nitrogens with zero attached hydrogens (tertiary/aromatic N) is 3. The Morgan fingerprint density at radius 1 is 1.19 bits per heavy atom. The van der Waals surface area contributed by atoms with Gasteiger partial charge in [-0.05, 0) is 25.1 Å². The summed E-state index contributed by atoms with van der Waals surface area (Å²) in [6, 6.07) is 8.41. The van der Waals surface area contributed by atoms with Gasteiger partial charge in [0.1, 0.15) is 12.5 Å². The first-order chi connectivity index (χ1) is 9.91. The molecule has 0 fully saturated rings. The van der Waals surface area contributed by atoms with Crippen LogP contribution in [-0.2, 0) is 10.0 Å². The summed E-state index contributed by atoms with van der Waals surface area (Å²) in [6.45, 7) is 2.25. The van der Waals surface area contributed by atoms with Gasteiger partial charge in [0.2, 0.25) is 0 Å². The van der Waals surface area contributed by atoms with E-state index in [1.54, 1.807) is 35.2 Å². The second kappa shape index (κ2) is 4.63. The number of hydrogen-bond acceptors (Lipinski definition) is 5. The number of rotatable bonds is 2. The molecule has 0 aliphatic carbocycles. The molecule has 110 valence electrons. The molecular formula is C14H16N4O2S. The van der Waals surface area contributed by atoms with Gasteiger partial charge in [0.05, 0.1) is 10.1 Å². The summed E-state index contributed by atoms with van der Waals surface area (Å²) in [4.78, 5) is 6.31.